The minimum absolute atomic E-state index is 0.0973. The Morgan fingerprint density at radius 1 is 1.26 bits per heavy atom. The van der Waals surface area contributed by atoms with Gasteiger partial charge in [-0.25, -0.2) is 4.98 Å². The zero-order chi connectivity index (χ0) is 24.4. The number of aliphatic hydroxyl groups is 1. The van der Waals surface area contributed by atoms with E-state index < -0.39 is 11.0 Å². The first kappa shape index (κ1) is 22.2. The number of para-hydroxylation sites is 2. The number of hydrogen-bond acceptors (Lipinski definition) is 6. The highest BCUT2D eigenvalue weighted by Crippen LogP contribution is 2.59. The number of fused-ring (bicyclic) bond motifs is 2. The second-order valence-corrected chi connectivity index (χ2v) is 10.4. The maximum absolute atomic E-state index is 13.1. The number of aromatic nitrogens is 2. The third-order valence-electron chi connectivity index (χ3n) is 8.57. The number of rotatable bonds is 4. The number of aromatic amines is 1. The molecule has 182 valence electrons. The van der Waals surface area contributed by atoms with E-state index in [1.165, 1.54) is 0 Å². The Kier molecular flexibility index (Phi) is 5.02. The number of nitrogens with zero attached hydrogens (tertiary/aromatic N) is 2. The highest BCUT2D eigenvalue weighted by Gasteiger charge is 2.65. The molecule has 35 heavy (non-hydrogen) atoms. The third kappa shape index (κ3) is 3.23. The minimum atomic E-state index is -1.10. The molecule has 2 unspecified atom stereocenters. The van der Waals surface area contributed by atoms with Gasteiger partial charge < -0.3 is 25.4 Å². The van der Waals surface area contributed by atoms with Crippen LogP contribution in [0.5, 0.6) is 5.75 Å². The van der Waals surface area contributed by atoms with Gasteiger partial charge in [0.25, 0.3) is 5.91 Å². The molecule has 8 nitrogen and oxygen atoms in total. The van der Waals surface area contributed by atoms with Gasteiger partial charge in [0.1, 0.15) is 17.4 Å². The number of nitrogens with one attached hydrogen (secondary N) is 2. The summed E-state index contributed by atoms with van der Waals surface area (Å²) in [5.74, 6) is 0.410. The molecule has 2 aromatic carbocycles. The van der Waals surface area contributed by atoms with Gasteiger partial charge in [0.15, 0.2) is 0 Å². The number of phenols is 1. The lowest BCUT2D eigenvalue weighted by Gasteiger charge is -2.62. The first-order valence-electron chi connectivity index (χ1n) is 12.3. The minimum Gasteiger partial charge on any atom is -0.507 e. The molecule has 1 aromatic heterocycles. The van der Waals surface area contributed by atoms with Crippen molar-refractivity contribution < 1.29 is 19.8 Å². The molecular formula is C27H30N4O4. The van der Waals surface area contributed by atoms with E-state index in [0.29, 0.717) is 44.2 Å². The molecular weight excluding hydrogens is 444 g/mol. The van der Waals surface area contributed by atoms with E-state index in [1.54, 1.807) is 6.07 Å². The van der Waals surface area contributed by atoms with E-state index in [-0.39, 0.29) is 35.5 Å². The lowest BCUT2D eigenvalue weighted by atomic mass is 9.49. The van der Waals surface area contributed by atoms with Crippen molar-refractivity contribution in [1.29, 1.82) is 0 Å². The number of aromatic hydroxyl groups is 1. The van der Waals surface area contributed by atoms with Crippen LogP contribution in [0.25, 0.3) is 11.0 Å². The summed E-state index contributed by atoms with van der Waals surface area (Å²) in [6, 6.07) is 11.2. The second-order valence-electron chi connectivity index (χ2n) is 10.4. The van der Waals surface area contributed by atoms with Crippen LogP contribution in [0.15, 0.2) is 36.4 Å². The molecule has 8 heteroatoms. The summed E-state index contributed by atoms with van der Waals surface area (Å²) in [5.41, 5.74) is 1.56. The molecule has 2 heterocycles. The number of amides is 1. The van der Waals surface area contributed by atoms with Gasteiger partial charge >= 0.3 is 0 Å². The van der Waals surface area contributed by atoms with Crippen LogP contribution in [0.4, 0.5) is 0 Å². The number of carbonyl (C=O) groups is 2. The van der Waals surface area contributed by atoms with Crippen LogP contribution in [-0.4, -0.2) is 68.6 Å². The van der Waals surface area contributed by atoms with Gasteiger partial charge in [0.2, 0.25) is 0 Å². The molecule has 1 saturated carbocycles. The van der Waals surface area contributed by atoms with E-state index in [9.17, 15) is 19.8 Å². The van der Waals surface area contributed by atoms with Crippen molar-refractivity contribution in [2.75, 3.05) is 20.1 Å². The van der Waals surface area contributed by atoms with E-state index in [1.807, 2.05) is 37.4 Å². The molecule has 2 bridgehead atoms. The quantitative estimate of drug-likeness (QED) is 0.461. The summed E-state index contributed by atoms with van der Waals surface area (Å²) < 4.78 is 0. The Balaban J connectivity index is 1.29. The van der Waals surface area contributed by atoms with Crippen molar-refractivity contribution >= 4 is 22.7 Å². The van der Waals surface area contributed by atoms with Crippen molar-refractivity contribution in [3.05, 3.63) is 58.9 Å². The SMILES string of the molecule is CN1CC[C@]23CC(=O)CCC2(O)C1Cc1ccc(C(=O)NCCc2nc4ccccc4[nH]2)c(O)c13. The number of benzene rings is 2. The van der Waals surface area contributed by atoms with Crippen LogP contribution in [0.1, 0.15) is 53.0 Å². The number of likely N-dealkylation sites (tertiary alicyclic amines) is 1. The summed E-state index contributed by atoms with van der Waals surface area (Å²) >= 11 is 0. The number of likely N-dealkylation sites (N-methyl/N-ethyl adjacent to an activating group) is 1. The van der Waals surface area contributed by atoms with Gasteiger partial charge in [-0.1, -0.05) is 18.2 Å². The normalized spacial score (nSPS) is 27.9. The number of phenolic OH excluding ortho intramolecular Hbond substituents is 1. The number of piperidine rings is 1. The van der Waals surface area contributed by atoms with Crippen LogP contribution in [0, 0.1) is 0 Å². The summed E-state index contributed by atoms with van der Waals surface area (Å²) in [5, 5.41) is 26.3. The van der Waals surface area contributed by atoms with Crippen LogP contribution in [0.3, 0.4) is 0 Å². The maximum Gasteiger partial charge on any atom is 0.255 e. The summed E-state index contributed by atoms with van der Waals surface area (Å²) in [7, 11) is 2.01. The van der Waals surface area contributed by atoms with Gasteiger partial charge in [-0.2, -0.15) is 0 Å². The number of carbonyl (C=O) groups excluding carboxylic acids is 2. The van der Waals surface area contributed by atoms with Crippen molar-refractivity contribution in [3.8, 4) is 5.75 Å². The highest BCUT2D eigenvalue weighted by molar-refractivity contribution is 5.98. The first-order chi connectivity index (χ1) is 16.8. The predicted octanol–water partition coefficient (Wildman–Crippen LogP) is 2.22. The molecule has 0 radical (unpaired) electrons. The lowest BCUT2D eigenvalue weighted by Crippen LogP contribution is -2.72. The van der Waals surface area contributed by atoms with Crippen LogP contribution in [0.2, 0.25) is 0 Å². The van der Waals surface area contributed by atoms with E-state index >= 15 is 0 Å². The van der Waals surface area contributed by atoms with Crippen molar-refractivity contribution in [1.82, 2.24) is 20.2 Å². The fourth-order valence-electron chi connectivity index (χ4n) is 6.82. The van der Waals surface area contributed by atoms with Crippen LogP contribution < -0.4 is 5.32 Å². The molecule has 6 rings (SSSR count). The monoisotopic (exact) mass is 474 g/mol. The smallest absolute Gasteiger partial charge is 0.255 e. The molecule has 2 fully saturated rings. The van der Waals surface area contributed by atoms with E-state index in [4.69, 9.17) is 0 Å². The number of H-pyrrole nitrogens is 1. The molecule has 0 spiro atoms. The summed E-state index contributed by atoms with van der Waals surface area (Å²) in [6.45, 7) is 1.09. The summed E-state index contributed by atoms with van der Waals surface area (Å²) in [4.78, 5) is 35.7. The second kappa shape index (κ2) is 7.90. The van der Waals surface area contributed by atoms with Gasteiger partial charge in [-0.15, -0.1) is 0 Å². The fourth-order valence-corrected chi connectivity index (χ4v) is 6.82. The Morgan fingerprint density at radius 2 is 2.09 bits per heavy atom. The van der Waals surface area contributed by atoms with Crippen molar-refractivity contribution in [3.63, 3.8) is 0 Å². The first-order valence-corrected chi connectivity index (χ1v) is 12.3. The number of hydrogen-bond donors (Lipinski definition) is 4. The van der Waals surface area contributed by atoms with Gasteiger partial charge in [-0.3, -0.25) is 9.59 Å². The average molecular weight is 475 g/mol. The number of imidazole rings is 1. The zero-order valence-corrected chi connectivity index (χ0v) is 19.8. The maximum atomic E-state index is 13.1. The molecule has 3 atom stereocenters. The largest absolute Gasteiger partial charge is 0.507 e. The lowest BCUT2D eigenvalue weighted by molar-refractivity contribution is -0.169. The molecule has 1 saturated heterocycles. The zero-order valence-electron chi connectivity index (χ0n) is 19.8. The Hall–Kier alpha value is -3.23. The van der Waals surface area contributed by atoms with Crippen molar-refractivity contribution in [2.24, 2.45) is 0 Å². The van der Waals surface area contributed by atoms with Crippen LogP contribution >= 0.6 is 0 Å². The van der Waals surface area contributed by atoms with Crippen molar-refractivity contribution in [2.45, 2.75) is 55.6 Å². The highest BCUT2D eigenvalue weighted by atomic mass is 16.3. The third-order valence-corrected chi connectivity index (χ3v) is 8.57. The van der Waals surface area contributed by atoms with E-state index in [2.05, 4.69) is 20.2 Å². The molecule has 3 aliphatic rings. The van der Waals surface area contributed by atoms with Gasteiger partial charge in [-0.05, 0) is 56.6 Å². The fraction of sp³-hybridized carbons (Fsp3) is 0.444. The standard InChI is InChI=1S/C27H30N4O4/c1-31-13-11-26-15-17(32)8-10-27(26,35)21(31)14-16-6-7-18(24(33)23(16)26)25(34)28-12-9-22-29-19-4-2-3-5-20(19)30-22/h2-7,21,33,35H,8-15H2,1H3,(H,28,34)(H,29,30)/t21?,26-,27?/m1/s1. The van der Waals surface area contributed by atoms with Gasteiger partial charge in [0.05, 0.1) is 22.2 Å². The molecule has 1 aliphatic heterocycles. The number of ketones is 1. The molecule has 1 amide bonds. The molecule has 2 aliphatic carbocycles. The van der Waals surface area contributed by atoms with E-state index in [0.717, 1.165) is 29.0 Å². The van der Waals surface area contributed by atoms with Crippen LogP contribution in [-0.2, 0) is 23.1 Å². The number of Topliss-reactive ketones (excluding diaryl/α,β-unsaturated/α-hetero) is 1. The Labute approximate surface area is 203 Å². The molecule has 3 aromatic rings. The summed E-state index contributed by atoms with van der Waals surface area (Å²) in [6.07, 6.45) is 2.61. The topological polar surface area (TPSA) is 119 Å². The Morgan fingerprint density at radius 3 is 2.91 bits per heavy atom. The molecule has 4 N–H and O–H groups in total. The van der Waals surface area contributed by atoms with Gasteiger partial charge in [0, 0.05) is 42.8 Å². The Bertz CT molecular complexity index is 1320. The average Bonchev–Trinajstić information content (AvgIpc) is 3.24. The predicted molar refractivity (Wildman–Crippen MR) is 130 cm³/mol.